The van der Waals surface area contributed by atoms with E-state index in [0.29, 0.717) is 0 Å². The van der Waals surface area contributed by atoms with Crippen LogP contribution < -0.4 is 0 Å². The quantitative estimate of drug-likeness (QED) is 0.918. The minimum absolute atomic E-state index is 0.106. The third-order valence-electron chi connectivity index (χ3n) is 3.44. The zero-order valence-electron chi connectivity index (χ0n) is 10.3. The Morgan fingerprint density at radius 1 is 1.53 bits per heavy atom. The molecule has 1 fully saturated rings. The van der Waals surface area contributed by atoms with Crippen LogP contribution in [0.3, 0.4) is 0 Å². The van der Waals surface area contributed by atoms with Gasteiger partial charge >= 0.3 is 5.97 Å². The second-order valence-corrected chi connectivity index (χ2v) is 6.60. The van der Waals surface area contributed by atoms with E-state index in [0.717, 1.165) is 27.2 Å². The Kier molecular flexibility index (Phi) is 3.19. The number of aliphatic carboxylic acids is 1. The maximum Gasteiger partial charge on any atom is 0.307 e. The molecule has 98 valence electrons. The van der Waals surface area contributed by atoms with Gasteiger partial charge in [0.15, 0.2) is 0 Å². The van der Waals surface area contributed by atoms with Gasteiger partial charge in [-0.3, -0.25) is 4.79 Å². The van der Waals surface area contributed by atoms with Gasteiger partial charge in [-0.2, -0.15) is 0 Å². The number of hydrogen-bond donors (Lipinski definition) is 1. The molecule has 1 aromatic carbocycles. The third kappa shape index (κ3) is 2.44. The minimum Gasteiger partial charge on any atom is -0.481 e. The molecule has 1 N–H and O–H groups in total. The maximum atomic E-state index is 10.9. The summed E-state index contributed by atoms with van der Waals surface area (Å²) in [6, 6.07) is 6.12. The van der Waals surface area contributed by atoms with Gasteiger partial charge in [0.1, 0.15) is 5.01 Å². The van der Waals surface area contributed by atoms with E-state index in [1.54, 1.807) is 11.3 Å². The van der Waals surface area contributed by atoms with E-state index < -0.39 is 5.97 Å². The number of carboxylic acids is 1. The van der Waals surface area contributed by atoms with Gasteiger partial charge in [-0.1, -0.05) is 22.0 Å². The number of carbonyl (C=O) groups is 1. The van der Waals surface area contributed by atoms with E-state index in [4.69, 9.17) is 5.11 Å². The van der Waals surface area contributed by atoms with Gasteiger partial charge in [-0.05, 0) is 31.0 Å². The Labute approximate surface area is 123 Å². The summed E-state index contributed by atoms with van der Waals surface area (Å²) in [6.45, 7) is 2.06. The summed E-state index contributed by atoms with van der Waals surface area (Å²) in [7, 11) is 0. The molecule has 0 aliphatic heterocycles. The van der Waals surface area contributed by atoms with Crippen molar-refractivity contribution in [1.82, 2.24) is 4.98 Å². The summed E-state index contributed by atoms with van der Waals surface area (Å²) in [6.07, 6.45) is 0.718. The largest absolute Gasteiger partial charge is 0.481 e. The van der Waals surface area contributed by atoms with Crippen molar-refractivity contribution >= 4 is 33.2 Å². The van der Waals surface area contributed by atoms with Crippen LogP contribution in [0.4, 0.5) is 0 Å². The van der Waals surface area contributed by atoms with Gasteiger partial charge in [-0.15, -0.1) is 11.3 Å². The lowest BCUT2D eigenvalue weighted by Gasteiger charge is -2.02. The molecule has 1 heterocycles. The molecule has 1 saturated carbocycles. The zero-order chi connectivity index (χ0) is 13.6. The van der Waals surface area contributed by atoms with Crippen LogP contribution in [-0.4, -0.2) is 16.1 Å². The van der Waals surface area contributed by atoms with Crippen LogP contribution in [0.1, 0.15) is 23.6 Å². The van der Waals surface area contributed by atoms with Crippen molar-refractivity contribution in [3.05, 3.63) is 39.3 Å². The Bertz CT molecular complexity index is 653. The van der Waals surface area contributed by atoms with E-state index >= 15 is 0 Å². The van der Waals surface area contributed by atoms with E-state index in [2.05, 4.69) is 40.0 Å². The highest BCUT2D eigenvalue weighted by Crippen LogP contribution is 2.48. The topological polar surface area (TPSA) is 50.2 Å². The standard InChI is InChI=1S/C14H12BrNO2S/c1-7-2-3-8(15)4-9(7)13-16-12(6-19-13)10-5-11(10)14(17)18/h2-4,6,10-11H,5H2,1H3,(H,17,18). The van der Waals surface area contributed by atoms with E-state index in [1.165, 1.54) is 5.56 Å². The molecule has 2 aromatic rings. The number of hydrogen-bond acceptors (Lipinski definition) is 3. The van der Waals surface area contributed by atoms with Crippen LogP contribution in [-0.2, 0) is 4.79 Å². The van der Waals surface area contributed by atoms with Crippen LogP contribution in [0.5, 0.6) is 0 Å². The molecular formula is C14H12BrNO2S. The predicted molar refractivity (Wildman–Crippen MR) is 78.5 cm³/mol. The van der Waals surface area contributed by atoms with Gasteiger partial charge < -0.3 is 5.11 Å². The average molecular weight is 338 g/mol. The van der Waals surface area contributed by atoms with Crippen molar-refractivity contribution in [2.45, 2.75) is 19.3 Å². The number of aryl methyl sites for hydroxylation is 1. The molecule has 0 spiro atoms. The Morgan fingerprint density at radius 2 is 2.32 bits per heavy atom. The van der Waals surface area contributed by atoms with Crippen LogP contribution >= 0.6 is 27.3 Å². The number of carboxylic acid groups (broad SMARTS) is 1. The van der Waals surface area contributed by atoms with E-state index in [-0.39, 0.29) is 11.8 Å². The summed E-state index contributed by atoms with van der Waals surface area (Å²) in [4.78, 5) is 15.5. The van der Waals surface area contributed by atoms with Crippen LogP contribution in [0.15, 0.2) is 28.1 Å². The van der Waals surface area contributed by atoms with Crippen LogP contribution in [0.2, 0.25) is 0 Å². The summed E-state index contributed by atoms with van der Waals surface area (Å²) < 4.78 is 1.03. The van der Waals surface area contributed by atoms with E-state index in [9.17, 15) is 4.79 Å². The fraction of sp³-hybridized carbons (Fsp3) is 0.286. The lowest BCUT2D eigenvalue weighted by molar-refractivity contribution is -0.138. The smallest absolute Gasteiger partial charge is 0.307 e. The minimum atomic E-state index is -0.710. The van der Waals surface area contributed by atoms with Crippen molar-refractivity contribution in [3.63, 3.8) is 0 Å². The van der Waals surface area contributed by atoms with Crippen LogP contribution in [0, 0.1) is 12.8 Å². The molecular weight excluding hydrogens is 326 g/mol. The van der Waals surface area contributed by atoms with Crippen molar-refractivity contribution in [2.75, 3.05) is 0 Å². The van der Waals surface area contributed by atoms with Gasteiger partial charge in [0.2, 0.25) is 0 Å². The number of halogens is 1. The summed E-state index contributed by atoms with van der Waals surface area (Å²) in [5.41, 5.74) is 3.21. The van der Waals surface area contributed by atoms with E-state index in [1.807, 2.05) is 11.4 Å². The van der Waals surface area contributed by atoms with Gasteiger partial charge in [0.05, 0.1) is 11.6 Å². The molecule has 3 nitrogen and oxygen atoms in total. The number of benzene rings is 1. The zero-order valence-corrected chi connectivity index (χ0v) is 12.7. The first-order chi connectivity index (χ1) is 9.06. The summed E-state index contributed by atoms with van der Waals surface area (Å²) in [5.74, 6) is -0.841. The third-order valence-corrected chi connectivity index (χ3v) is 4.83. The van der Waals surface area contributed by atoms with Gasteiger partial charge in [0, 0.05) is 21.3 Å². The molecule has 0 amide bonds. The number of aromatic nitrogens is 1. The fourth-order valence-corrected chi connectivity index (χ4v) is 3.53. The Balaban J connectivity index is 1.90. The fourth-order valence-electron chi connectivity index (χ4n) is 2.20. The second kappa shape index (κ2) is 4.72. The molecule has 19 heavy (non-hydrogen) atoms. The van der Waals surface area contributed by atoms with Crippen molar-refractivity contribution < 1.29 is 9.90 Å². The molecule has 2 unspecified atom stereocenters. The van der Waals surface area contributed by atoms with Crippen molar-refractivity contribution in [1.29, 1.82) is 0 Å². The molecule has 3 rings (SSSR count). The molecule has 0 bridgehead atoms. The molecule has 1 aliphatic rings. The Morgan fingerprint density at radius 3 is 3.00 bits per heavy atom. The first-order valence-corrected chi connectivity index (χ1v) is 7.68. The molecule has 0 saturated heterocycles. The number of rotatable bonds is 3. The SMILES string of the molecule is Cc1ccc(Br)cc1-c1nc(C2CC2C(=O)O)cs1. The van der Waals surface area contributed by atoms with Gasteiger partial charge in [0.25, 0.3) is 0 Å². The molecule has 5 heteroatoms. The molecule has 1 aliphatic carbocycles. The first-order valence-electron chi connectivity index (χ1n) is 6.01. The summed E-state index contributed by atoms with van der Waals surface area (Å²) in [5, 5.41) is 11.9. The normalized spacial score (nSPS) is 21.4. The van der Waals surface area contributed by atoms with Crippen LogP contribution in [0.25, 0.3) is 10.6 Å². The second-order valence-electron chi connectivity index (χ2n) is 4.82. The monoisotopic (exact) mass is 337 g/mol. The van der Waals surface area contributed by atoms with Crippen molar-refractivity contribution in [3.8, 4) is 10.6 Å². The van der Waals surface area contributed by atoms with Gasteiger partial charge in [-0.25, -0.2) is 4.98 Å². The maximum absolute atomic E-state index is 10.9. The number of nitrogens with zero attached hydrogens (tertiary/aromatic N) is 1. The lowest BCUT2D eigenvalue weighted by atomic mass is 10.1. The summed E-state index contributed by atoms with van der Waals surface area (Å²) >= 11 is 5.05. The molecule has 0 radical (unpaired) electrons. The first kappa shape index (κ1) is 12.8. The van der Waals surface area contributed by atoms with Crippen molar-refractivity contribution in [2.24, 2.45) is 5.92 Å². The molecule has 2 atom stereocenters. The highest BCUT2D eigenvalue weighted by atomic mass is 79.9. The lowest BCUT2D eigenvalue weighted by Crippen LogP contribution is -1.99. The molecule has 1 aromatic heterocycles. The Hall–Kier alpha value is -1.20. The highest BCUT2D eigenvalue weighted by molar-refractivity contribution is 9.10. The average Bonchev–Trinajstić information content (AvgIpc) is 3.04. The predicted octanol–water partition coefficient (Wildman–Crippen LogP) is 4.07. The highest BCUT2D eigenvalue weighted by Gasteiger charge is 2.45. The number of thiazole rings is 1.